The molecule has 1 aliphatic carbocycles. The zero-order chi connectivity index (χ0) is 13.6. The summed E-state index contributed by atoms with van der Waals surface area (Å²) in [4.78, 5) is 12.2. The van der Waals surface area contributed by atoms with Crippen LogP contribution < -0.4 is 5.56 Å². The lowest BCUT2D eigenvalue weighted by atomic mass is 9.98. The van der Waals surface area contributed by atoms with Crippen LogP contribution in [0.3, 0.4) is 0 Å². The highest BCUT2D eigenvalue weighted by molar-refractivity contribution is 5.18. The van der Waals surface area contributed by atoms with Gasteiger partial charge in [-0.1, -0.05) is 0 Å². The van der Waals surface area contributed by atoms with Crippen molar-refractivity contribution in [2.45, 2.75) is 58.1 Å². The van der Waals surface area contributed by atoms with Crippen molar-refractivity contribution < 1.29 is 4.74 Å². The minimum Gasteiger partial charge on any atom is -0.375 e. The summed E-state index contributed by atoms with van der Waals surface area (Å²) in [5.41, 5.74) is 1.90. The van der Waals surface area contributed by atoms with Crippen molar-refractivity contribution in [2.24, 2.45) is 5.92 Å². The van der Waals surface area contributed by atoms with Gasteiger partial charge in [-0.25, -0.2) is 4.68 Å². The number of aromatic nitrogens is 2. The fraction of sp³-hybridized carbons (Fsp3) is 0.733. The van der Waals surface area contributed by atoms with Crippen LogP contribution in [-0.4, -0.2) is 22.0 Å². The van der Waals surface area contributed by atoms with Crippen LogP contribution in [0, 0.1) is 12.8 Å². The summed E-state index contributed by atoms with van der Waals surface area (Å²) in [5.74, 6) is 0.982. The monoisotopic (exact) mass is 262 g/mol. The Morgan fingerprint density at radius 1 is 1.47 bits per heavy atom. The van der Waals surface area contributed by atoms with E-state index < -0.39 is 0 Å². The van der Waals surface area contributed by atoms with Gasteiger partial charge in [0.15, 0.2) is 0 Å². The Morgan fingerprint density at radius 2 is 2.21 bits per heavy atom. The lowest BCUT2D eigenvalue weighted by Crippen LogP contribution is -2.29. The molecule has 1 aromatic rings. The molecule has 1 saturated heterocycles. The molecule has 0 amide bonds. The van der Waals surface area contributed by atoms with E-state index in [1.165, 1.54) is 12.8 Å². The van der Waals surface area contributed by atoms with Crippen molar-refractivity contribution in [1.29, 1.82) is 0 Å². The summed E-state index contributed by atoms with van der Waals surface area (Å²) in [6.45, 7) is 7.52. The van der Waals surface area contributed by atoms with E-state index in [0.717, 1.165) is 24.3 Å². The second-order valence-corrected chi connectivity index (χ2v) is 6.65. The highest BCUT2D eigenvalue weighted by Gasteiger charge is 2.33. The number of hydrogen-bond donors (Lipinski definition) is 0. The first-order valence-corrected chi connectivity index (χ1v) is 7.17. The molecule has 2 heterocycles. The van der Waals surface area contributed by atoms with E-state index >= 15 is 0 Å². The minimum absolute atomic E-state index is 0.0501. The highest BCUT2D eigenvalue weighted by Crippen LogP contribution is 2.38. The smallest absolute Gasteiger partial charge is 0.269 e. The molecular weight excluding hydrogens is 240 g/mol. The molecule has 2 aliphatic rings. The first-order valence-electron chi connectivity index (χ1n) is 7.17. The van der Waals surface area contributed by atoms with Gasteiger partial charge in [0.25, 0.3) is 5.56 Å². The van der Waals surface area contributed by atoms with Gasteiger partial charge >= 0.3 is 0 Å². The van der Waals surface area contributed by atoms with Crippen molar-refractivity contribution in [2.75, 3.05) is 6.61 Å². The van der Waals surface area contributed by atoms with Gasteiger partial charge in [0.1, 0.15) is 0 Å². The molecule has 4 nitrogen and oxygen atoms in total. The van der Waals surface area contributed by atoms with Crippen LogP contribution in [0.25, 0.3) is 0 Å². The molecular formula is C15H22N2O2. The average Bonchev–Trinajstić information content (AvgIpc) is 3.11. The molecule has 1 aliphatic heterocycles. The Hall–Kier alpha value is -1.16. The summed E-state index contributed by atoms with van der Waals surface area (Å²) >= 11 is 0. The van der Waals surface area contributed by atoms with Crippen molar-refractivity contribution in [3.63, 3.8) is 0 Å². The van der Waals surface area contributed by atoms with Crippen LogP contribution in [-0.2, 0) is 11.3 Å². The summed E-state index contributed by atoms with van der Waals surface area (Å²) in [5, 5.41) is 4.55. The second kappa shape index (κ2) is 4.44. The molecule has 4 heteroatoms. The van der Waals surface area contributed by atoms with Crippen LogP contribution in [0.15, 0.2) is 10.9 Å². The number of ether oxygens (including phenoxy) is 1. The van der Waals surface area contributed by atoms with Crippen LogP contribution in [0.5, 0.6) is 0 Å². The quantitative estimate of drug-likeness (QED) is 0.839. The van der Waals surface area contributed by atoms with E-state index in [9.17, 15) is 4.79 Å². The van der Waals surface area contributed by atoms with E-state index in [1.54, 1.807) is 4.68 Å². The van der Waals surface area contributed by atoms with Gasteiger partial charge in [0, 0.05) is 17.4 Å². The van der Waals surface area contributed by atoms with Gasteiger partial charge < -0.3 is 4.74 Å². The maximum absolute atomic E-state index is 12.2. The summed E-state index contributed by atoms with van der Waals surface area (Å²) < 4.78 is 7.41. The first kappa shape index (κ1) is 12.9. The largest absolute Gasteiger partial charge is 0.375 e. The molecule has 0 bridgehead atoms. The predicted octanol–water partition coefficient (Wildman–Crippen LogP) is 2.24. The van der Waals surface area contributed by atoms with Crippen molar-refractivity contribution in [3.8, 4) is 0 Å². The Kier molecular flexibility index (Phi) is 3.01. The third-order valence-electron chi connectivity index (χ3n) is 4.09. The molecule has 19 heavy (non-hydrogen) atoms. The fourth-order valence-electron chi connectivity index (χ4n) is 2.92. The van der Waals surface area contributed by atoms with E-state index in [2.05, 4.69) is 18.9 Å². The van der Waals surface area contributed by atoms with E-state index in [4.69, 9.17) is 4.74 Å². The van der Waals surface area contributed by atoms with Crippen LogP contribution in [0.1, 0.15) is 50.3 Å². The van der Waals surface area contributed by atoms with Crippen LogP contribution >= 0.6 is 0 Å². The molecule has 1 atom stereocenters. The van der Waals surface area contributed by atoms with Crippen molar-refractivity contribution in [3.05, 3.63) is 27.7 Å². The van der Waals surface area contributed by atoms with E-state index in [0.29, 0.717) is 18.4 Å². The van der Waals surface area contributed by atoms with Gasteiger partial charge in [-0.15, -0.1) is 0 Å². The Labute approximate surface area is 113 Å². The summed E-state index contributed by atoms with van der Waals surface area (Å²) in [7, 11) is 0. The molecule has 0 N–H and O–H groups in total. The molecule has 3 rings (SSSR count). The summed E-state index contributed by atoms with van der Waals surface area (Å²) in [6.07, 6.45) is 3.42. The number of aryl methyl sites for hydroxylation is 1. The van der Waals surface area contributed by atoms with Gasteiger partial charge in [-0.05, 0) is 46.1 Å². The topological polar surface area (TPSA) is 44.1 Å². The van der Waals surface area contributed by atoms with Gasteiger partial charge in [-0.3, -0.25) is 4.79 Å². The lowest BCUT2D eigenvalue weighted by Gasteiger charge is -2.16. The molecule has 0 spiro atoms. The highest BCUT2D eigenvalue weighted by atomic mass is 16.5. The Bertz CT molecular complexity index is 544. The lowest BCUT2D eigenvalue weighted by molar-refractivity contribution is 0.0346. The number of nitrogens with zero attached hydrogens (tertiary/aromatic N) is 2. The van der Waals surface area contributed by atoms with Crippen LogP contribution in [0.2, 0.25) is 0 Å². The fourth-order valence-corrected chi connectivity index (χ4v) is 2.92. The second-order valence-electron chi connectivity index (χ2n) is 6.65. The van der Waals surface area contributed by atoms with Crippen LogP contribution in [0.4, 0.5) is 0 Å². The third kappa shape index (κ3) is 2.73. The third-order valence-corrected chi connectivity index (χ3v) is 4.09. The van der Waals surface area contributed by atoms with Crippen molar-refractivity contribution in [1.82, 2.24) is 9.78 Å². The SMILES string of the molecule is Cc1cc(C2CC2)nn(CC2COC(C)(C)C2)c1=O. The van der Waals surface area contributed by atoms with Gasteiger partial charge in [0.2, 0.25) is 0 Å². The number of rotatable bonds is 3. The molecule has 1 unspecified atom stereocenters. The first-order chi connectivity index (χ1) is 8.94. The molecule has 0 aromatic carbocycles. The summed E-state index contributed by atoms with van der Waals surface area (Å²) in [6, 6.07) is 1.96. The molecule has 1 aromatic heterocycles. The zero-order valence-electron chi connectivity index (χ0n) is 12.0. The predicted molar refractivity (Wildman–Crippen MR) is 73.3 cm³/mol. The van der Waals surface area contributed by atoms with Crippen molar-refractivity contribution >= 4 is 0 Å². The average molecular weight is 262 g/mol. The molecule has 2 fully saturated rings. The Balaban J connectivity index is 1.82. The molecule has 0 radical (unpaired) electrons. The molecule has 104 valence electrons. The standard InChI is InChI=1S/C15H22N2O2/c1-10-6-13(12-4-5-12)16-17(14(10)18)8-11-7-15(2,3)19-9-11/h6,11-12H,4-5,7-9H2,1-3H3. The van der Waals surface area contributed by atoms with Gasteiger partial charge in [-0.2, -0.15) is 5.10 Å². The van der Waals surface area contributed by atoms with E-state index in [-0.39, 0.29) is 11.2 Å². The maximum atomic E-state index is 12.2. The number of hydrogen-bond acceptors (Lipinski definition) is 3. The molecule has 1 saturated carbocycles. The Morgan fingerprint density at radius 3 is 2.79 bits per heavy atom. The van der Waals surface area contributed by atoms with E-state index in [1.807, 2.05) is 13.0 Å². The van der Waals surface area contributed by atoms with Gasteiger partial charge in [0.05, 0.1) is 24.4 Å². The minimum atomic E-state index is -0.0581. The maximum Gasteiger partial charge on any atom is 0.269 e. The zero-order valence-corrected chi connectivity index (χ0v) is 12.0. The normalized spacial score (nSPS) is 25.7.